The molecule has 9 nitrogen and oxygen atoms in total. The molecule has 2 aliphatic rings. The van der Waals surface area contributed by atoms with Gasteiger partial charge in [0, 0.05) is 6.20 Å². The molecule has 0 aromatic heterocycles. The van der Waals surface area contributed by atoms with E-state index in [1.807, 2.05) is 0 Å². The Kier molecular flexibility index (Phi) is 5.61. The summed E-state index contributed by atoms with van der Waals surface area (Å²) in [6, 6.07) is -0.871. The van der Waals surface area contributed by atoms with E-state index in [1.54, 1.807) is 18.2 Å². The number of carbonyl (C=O) groups excluding carboxylic acids is 4. The number of hydrogen-bond donors (Lipinski definition) is 0. The number of allylic oxidation sites excluding steroid dienone is 2. The molecule has 0 radical (unpaired) electrons. The van der Waals surface area contributed by atoms with Gasteiger partial charge < -0.3 is 23.8 Å². The highest BCUT2D eigenvalue weighted by atomic mass is 16.5. The normalized spacial score (nSPS) is 18.3. The smallest absolute Gasteiger partial charge is 0.355 e. The molecule has 0 fully saturated rings. The van der Waals surface area contributed by atoms with Gasteiger partial charge in [0.2, 0.25) is 0 Å². The van der Waals surface area contributed by atoms with Crippen LogP contribution < -0.4 is 0 Å². The van der Waals surface area contributed by atoms with Crippen LogP contribution in [0.1, 0.15) is 0 Å². The Morgan fingerprint density at radius 3 is 1.85 bits per heavy atom. The van der Waals surface area contributed by atoms with Crippen molar-refractivity contribution in [2.24, 2.45) is 0 Å². The van der Waals surface area contributed by atoms with Gasteiger partial charge in [0.1, 0.15) is 11.3 Å². The molecule has 0 saturated heterocycles. The predicted molar refractivity (Wildman–Crippen MR) is 86.0 cm³/mol. The summed E-state index contributed by atoms with van der Waals surface area (Å²) < 4.78 is 19.0. The summed E-state index contributed by atoms with van der Waals surface area (Å²) in [6.07, 6.45) is 6.24. The molecule has 0 aromatic carbocycles. The van der Waals surface area contributed by atoms with Crippen LogP contribution in [0, 0.1) is 0 Å². The summed E-state index contributed by atoms with van der Waals surface area (Å²) in [5, 5.41) is 0. The second-order valence-electron chi connectivity index (χ2n) is 5.06. The second-order valence-corrected chi connectivity index (χ2v) is 5.06. The fourth-order valence-corrected chi connectivity index (χ4v) is 2.73. The number of hydrogen-bond acceptors (Lipinski definition) is 9. The Labute approximate surface area is 149 Å². The molecule has 0 bridgehead atoms. The molecule has 2 rings (SSSR count). The van der Waals surface area contributed by atoms with Crippen molar-refractivity contribution in [1.29, 1.82) is 0 Å². The first-order chi connectivity index (χ1) is 12.4. The quantitative estimate of drug-likeness (QED) is 0.503. The molecule has 0 spiro atoms. The van der Waals surface area contributed by atoms with Crippen LogP contribution in [0.3, 0.4) is 0 Å². The number of nitrogens with zero attached hydrogens (tertiary/aromatic N) is 1. The SMILES string of the molecule is COC(=O)C1=C(C(=O)OC)C2C=CC=CN2C(C(=O)OC)=C1C(=O)OC. The minimum atomic E-state index is -1.01. The highest BCUT2D eigenvalue weighted by molar-refractivity contribution is 6.16. The standard InChI is InChI=1S/C17H17NO8/c1-23-14(19)10-9-7-5-6-8-18(9)13(17(22)26-4)12(16(21)25-3)11(10)15(20)24-2/h5-9H,1-4H3. The van der Waals surface area contributed by atoms with Crippen molar-refractivity contribution in [3.05, 3.63) is 46.8 Å². The van der Waals surface area contributed by atoms with Crippen molar-refractivity contribution in [2.75, 3.05) is 28.4 Å². The largest absolute Gasteiger partial charge is 0.466 e. The van der Waals surface area contributed by atoms with Gasteiger partial charge in [0.25, 0.3) is 0 Å². The molecule has 9 heteroatoms. The van der Waals surface area contributed by atoms with E-state index in [1.165, 1.54) is 11.1 Å². The Hall–Kier alpha value is -3.36. The van der Waals surface area contributed by atoms with Gasteiger partial charge in [-0.25, -0.2) is 19.2 Å². The molecular weight excluding hydrogens is 346 g/mol. The van der Waals surface area contributed by atoms with Gasteiger partial charge in [-0.1, -0.05) is 12.2 Å². The van der Waals surface area contributed by atoms with Crippen molar-refractivity contribution >= 4 is 23.9 Å². The zero-order valence-corrected chi connectivity index (χ0v) is 14.6. The number of fused-ring (bicyclic) bond motifs is 1. The third-order valence-electron chi connectivity index (χ3n) is 3.82. The summed E-state index contributed by atoms with van der Waals surface area (Å²) in [7, 11) is 4.42. The van der Waals surface area contributed by atoms with E-state index in [0.29, 0.717) is 0 Å². The van der Waals surface area contributed by atoms with Gasteiger partial charge in [-0.05, 0) is 6.08 Å². The van der Waals surface area contributed by atoms with Gasteiger partial charge in [0.15, 0.2) is 0 Å². The van der Waals surface area contributed by atoms with Gasteiger partial charge in [-0.15, -0.1) is 0 Å². The van der Waals surface area contributed by atoms with E-state index in [9.17, 15) is 19.2 Å². The molecule has 0 saturated carbocycles. The Balaban J connectivity index is 2.94. The van der Waals surface area contributed by atoms with Gasteiger partial charge in [-0.2, -0.15) is 0 Å². The zero-order chi connectivity index (χ0) is 19.4. The molecule has 0 aliphatic carbocycles. The monoisotopic (exact) mass is 363 g/mol. The lowest BCUT2D eigenvalue weighted by Gasteiger charge is -2.37. The molecule has 0 N–H and O–H groups in total. The molecule has 1 unspecified atom stereocenters. The van der Waals surface area contributed by atoms with E-state index in [0.717, 1.165) is 28.4 Å². The number of esters is 4. The first-order valence-electron chi connectivity index (χ1n) is 7.38. The molecular formula is C17H17NO8. The minimum Gasteiger partial charge on any atom is -0.466 e. The van der Waals surface area contributed by atoms with Crippen molar-refractivity contribution in [2.45, 2.75) is 6.04 Å². The predicted octanol–water partition coefficient (Wildman–Crippen LogP) is -0.00320. The van der Waals surface area contributed by atoms with Crippen LogP contribution in [0.2, 0.25) is 0 Å². The number of carbonyl (C=O) groups is 4. The maximum absolute atomic E-state index is 12.4. The first kappa shape index (κ1) is 19.0. The van der Waals surface area contributed by atoms with Crippen LogP contribution in [-0.2, 0) is 38.1 Å². The lowest BCUT2D eigenvalue weighted by Crippen LogP contribution is -2.44. The lowest BCUT2D eigenvalue weighted by atomic mass is 9.86. The van der Waals surface area contributed by atoms with Crippen molar-refractivity contribution in [3.8, 4) is 0 Å². The second kappa shape index (κ2) is 7.68. The van der Waals surface area contributed by atoms with Crippen LogP contribution in [0.25, 0.3) is 0 Å². The van der Waals surface area contributed by atoms with Gasteiger partial charge >= 0.3 is 23.9 Å². The van der Waals surface area contributed by atoms with E-state index < -0.39 is 41.1 Å². The Bertz CT molecular complexity index is 721. The van der Waals surface area contributed by atoms with E-state index in [4.69, 9.17) is 18.9 Å². The van der Waals surface area contributed by atoms with Crippen LogP contribution >= 0.6 is 0 Å². The van der Waals surface area contributed by atoms with Crippen molar-refractivity contribution in [1.82, 2.24) is 4.90 Å². The van der Waals surface area contributed by atoms with Crippen LogP contribution in [-0.4, -0.2) is 63.3 Å². The average Bonchev–Trinajstić information content (AvgIpc) is 2.69. The summed E-state index contributed by atoms with van der Waals surface area (Å²) in [6.45, 7) is 0. The van der Waals surface area contributed by atoms with E-state index >= 15 is 0 Å². The number of ether oxygens (including phenoxy) is 4. The molecule has 0 aromatic rings. The molecule has 138 valence electrons. The van der Waals surface area contributed by atoms with Crippen LogP contribution in [0.4, 0.5) is 0 Å². The van der Waals surface area contributed by atoms with Crippen molar-refractivity contribution in [3.63, 3.8) is 0 Å². The molecule has 2 aliphatic heterocycles. The summed E-state index contributed by atoms with van der Waals surface area (Å²) in [5.41, 5.74) is -1.26. The highest BCUT2D eigenvalue weighted by Crippen LogP contribution is 2.37. The Morgan fingerprint density at radius 1 is 0.769 bits per heavy atom. The Morgan fingerprint density at radius 2 is 1.31 bits per heavy atom. The third-order valence-corrected chi connectivity index (χ3v) is 3.82. The van der Waals surface area contributed by atoms with Gasteiger partial charge in [0.05, 0.1) is 45.6 Å². The minimum absolute atomic E-state index is 0.159. The maximum Gasteiger partial charge on any atom is 0.355 e. The molecule has 2 heterocycles. The third kappa shape index (κ3) is 2.99. The fraction of sp³-hybridized carbons (Fsp3) is 0.294. The average molecular weight is 363 g/mol. The van der Waals surface area contributed by atoms with Gasteiger partial charge in [-0.3, -0.25) is 0 Å². The summed E-state index contributed by atoms with van der Waals surface area (Å²) in [4.78, 5) is 50.9. The maximum atomic E-state index is 12.4. The number of methoxy groups -OCH3 is 4. The van der Waals surface area contributed by atoms with E-state index in [-0.39, 0.29) is 11.3 Å². The van der Waals surface area contributed by atoms with Crippen LogP contribution in [0.15, 0.2) is 46.8 Å². The molecule has 26 heavy (non-hydrogen) atoms. The summed E-state index contributed by atoms with van der Waals surface area (Å²) >= 11 is 0. The topological polar surface area (TPSA) is 108 Å². The molecule has 0 amide bonds. The first-order valence-corrected chi connectivity index (χ1v) is 7.38. The van der Waals surface area contributed by atoms with E-state index in [2.05, 4.69) is 0 Å². The van der Waals surface area contributed by atoms with Crippen molar-refractivity contribution < 1.29 is 38.1 Å². The number of rotatable bonds is 4. The lowest BCUT2D eigenvalue weighted by molar-refractivity contribution is -0.143. The molecule has 1 atom stereocenters. The zero-order valence-electron chi connectivity index (χ0n) is 14.6. The summed E-state index contributed by atoms with van der Waals surface area (Å²) in [5.74, 6) is -3.74. The van der Waals surface area contributed by atoms with Crippen LogP contribution in [0.5, 0.6) is 0 Å². The highest BCUT2D eigenvalue weighted by Gasteiger charge is 2.45. The fourth-order valence-electron chi connectivity index (χ4n) is 2.73.